The second kappa shape index (κ2) is 10.6. The SMILES string of the molecule is O=C(O)/C=C/c1ccc(OC(=O)CCc2ccccc2)c(OCc2ccccc2)c1. The molecule has 0 unspecified atom stereocenters. The Kier molecular flexibility index (Phi) is 7.39. The summed E-state index contributed by atoms with van der Waals surface area (Å²) in [6, 6.07) is 24.3. The molecule has 5 heteroatoms. The van der Waals surface area contributed by atoms with Gasteiger partial charge in [0.25, 0.3) is 0 Å². The molecule has 0 amide bonds. The van der Waals surface area contributed by atoms with Gasteiger partial charge in [0, 0.05) is 12.5 Å². The van der Waals surface area contributed by atoms with Crippen molar-refractivity contribution in [1.29, 1.82) is 0 Å². The van der Waals surface area contributed by atoms with Crippen LogP contribution in [0.25, 0.3) is 6.08 Å². The van der Waals surface area contributed by atoms with Crippen molar-refractivity contribution in [2.24, 2.45) is 0 Å². The van der Waals surface area contributed by atoms with Crippen molar-refractivity contribution >= 4 is 18.0 Å². The smallest absolute Gasteiger partial charge is 0.328 e. The first kappa shape index (κ1) is 20.9. The molecule has 0 heterocycles. The molecule has 0 fully saturated rings. The molecule has 152 valence electrons. The molecular weight excluding hydrogens is 380 g/mol. The second-order valence-electron chi connectivity index (χ2n) is 6.61. The fourth-order valence-corrected chi connectivity index (χ4v) is 2.79. The largest absolute Gasteiger partial charge is 0.485 e. The molecule has 0 bridgehead atoms. The number of carbonyl (C=O) groups is 2. The van der Waals surface area contributed by atoms with Crippen LogP contribution in [0.15, 0.2) is 84.9 Å². The minimum absolute atomic E-state index is 0.239. The van der Waals surface area contributed by atoms with Crippen LogP contribution < -0.4 is 9.47 Å². The second-order valence-corrected chi connectivity index (χ2v) is 6.61. The summed E-state index contributed by atoms with van der Waals surface area (Å²) in [7, 11) is 0. The van der Waals surface area contributed by atoms with Crippen molar-refractivity contribution in [2.75, 3.05) is 0 Å². The molecule has 0 radical (unpaired) electrons. The zero-order valence-corrected chi connectivity index (χ0v) is 16.4. The van der Waals surface area contributed by atoms with Gasteiger partial charge in [-0.05, 0) is 41.3 Å². The van der Waals surface area contributed by atoms with E-state index in [9.17, 15) is 9.59 Å². The Labute approximate surface area is 175 Å². The number of carboxylic acid groups (broad SMARTS) is 1. The van der Waals surface area contributed by atoms with E-state index in [1.165, 1.54) is 6.08 Å². The van der Waals surface area contributed by atoms with Gasteiger partial charge < -0.3 is 14.6 Å². The molecule has 0 spiro atoms. The van der Waals surface area contributed by atoms with Gasteiger partial charge in [-0.15, -0.1) is 0 Å². The topological polar surface area (TPSA) is 72.8 Å². The third-order valence-corrected chi connectivity index (χ3v) is 4.31. The lowest BCUT2D eigenvalue weighted by atomic mass is 10.1. The van der Waals surface area contributed by atoms with Gasteiger partial charge in [0.2, 0.25) is 0 Å². The van der Waals surface area contributed by atoms with Gasteiger partial charge in [-0.1, -0.05) is 66.7 Å². The van der Waals surface area contributed by atoms with E-state index in [1.807, 2.05) is 60.7 Å². The van der Waals surface area contributed by atoms with Crippen LogP contribution in [0.2, 0.25) is 0 Å². The standard InChI is InChI=1S/C25H22O5/c26-24(27)15-12-20-11-14-22(23(17-20)29-18-21-9-5-2-6-10-21)30-25(28)16-13-19-7-3-1-4-8-19/h1-12,14-15,17H,13,16,18H2,(H,26,27)/b15-12+. The highest BCUT2D eigenvalue weighted by molar-refractivity contribution is 5.85. The summed E-state index contributed by atoms with van der Waals surface area (Å²) in [5.41, 5.74) is 2.65. The molecule has 0 aliphatic rings. The number of ether oxygens (including phenoxy) is 2. The Bertz CT molecular complexity index is 1010. The summed E-state index contributed by atoms with van der Waals surface area (Å²) in [4.78, 5) is 23.1. The summed E-state index contributed by atoms with van der Waals surface area (Å²) >= 11 is 0. The van der Waals surface area contributed by atoms with Crippen LogP contribution in [-0.2, 0) is 22.6 Å². The van der Waals surface area contributed by atoms with E-state index in [-0.39, 0.29) is 12.4 Å². The molecule has 3 aromatic carbocycles. The van der Waals surface area contributed by atoms with E-state index in [0.29, 0.717) is 30.1 Å². The maximum atomic E-state index is 12.3. The highest BCUT2D eigenvalue weighted by Crippen LogP contribution is 2.30. The average molecular weight is 402 g/mol. The predicted octanol–water partition coefficient (Wildman–Crippen LogP) is 4.90. The van der Waals surface area contributed by atoms with Crippen LogP contribution in [-0.4, -0.2) is 17.0 Å². The molecular formula is C25H22O5. The first-order chi connectivity index (χ1) is 14.6. The monoisotopic (exact) mass is 402 g/mol. The van der Waals surface area contributed by atoms with Gasteiger partial charge in [0.05, 0.1) is 0 Å². The summed E-state index contributed by atoms with van der Waals surface area (Å²) in [6.07, 6.45) is 3.32. The maximum Gasteiger partial charge on any atom is 0.328 e. The third-order valence-electron chi connectivity index (χ3n) is 4.31. The number of carboxylic acids is 1. The number of hydrogen-bond donors (Lipinski definition) is 1. The van der Waals surface area contributed by atoms with Crippen molar-refractivity contribution in [3.63, 3.8) is 0 Å². The number of benzene rings is 3. The number of carbonyl (C=O) groups excluding carboxylic acids is 1. The first-order valence-electron chi connectivity index (χ1n) is 9.56. The number of hydrogen-bond acceptors (Lipinski definition) is 4. The average Bonchev–Trinajstić information content (AvgIpc) is 2.77. The molecule has 3 rings (SSSR count). The lowest BCUT2D eigenvalue weighted by molar-refractivity contribution is -0.134. The van der Waals surface area contributed by atoms with Crippen molar-refractivity contribution < 1.29 is 24.2 Å². The van der Waals surface area contributed by atoms with E-state index in [4.69, 9.17) is 14.6 Å². The lowest BCUT2D eigenvalue weighted by Crippen LogP contribution is -2.10. The number of esters is 1. The molecule has 30 heavy (non-hydrogen) atoms. The van der Waals surface area contributed by atoms with Crippen LogP contribution in [0.4, 0.5) is 0 Å². The quantitative estimate of drug-likeness (QED) is 0.313. The Hall–Kier alpha value is -3.86. The number of rotatable bonds is 9. The molecule has 0 saturated heterocycles. The van der Waals surface area contributed by atoms with Crippen LogP contribution in [0.5, 0.6) is 11.5 Å². The van der Waals surface area contributed by atoms with Crippen LogP contribution >= 0.6 is 0 Å². The van der Waals surface area contributed by atoms with Crippen molar-refractivity contribution in [1.82, 2.24) is 0 Å². The number of aliphatic carboxylic acids is 1. The summed E-state index contributed by atoms with van der Waals surface area (Å²) in [5, 5.41) is 8.84. The van der Waals surface area contributed by atoms with Gasteiger partial charge in [-0.3, -0.25) is 4.79 Å². The van der Waals surface area contributed by atoms with Gasteiger partial charge in [-0.25, -0.2) is 4.79 Å². The normalized spacial score (nSPS) is 10.7. The Morgan fingerprint density at radius 3 is 2.17 bits per heavy atom. The Morgan fingerprint density at radius 1 is 0.833 bits per heavy atom. The van der Waals surface area contributed by atoms with Crippen LogP contribution in [0.3, 0.4) is 0 Å². The molecule has 0 saturated carbocycles. The highest BCUT2D eigenvalue weighted by Gasteiger charge is 2.12. The molecule has 0 aliphatic heterocycles. The van der Waals surface area contributed by atoms with Gasteiger partial charge in [-0.2, -0.15) is 0 Å². The van der Waals surface area contributed by atoms with E-state index in [1.54, 1.807) is 18.2 Å². The molecule has 0 aromatic heterocycles. The van der Waals surface area contributed by atoms with E-state index in [0.717, 1.165) is 17.2 Å². The third kappa shape index (κ3) is 6.63. The summed E-state index contributed by atoms with van der Waals surface area (Å²) in [5.74, 6) is -0.730. The predicted molar refractivity (Wildman–Crippen MR) is 114 cm³/mol. The van der Waals surface area contributed by atoms with Crippen molar-refractivity contribution in [3.05, 3.63) is 102 Å². The van der Waals surface area contributed by atoms with Crippen molar-refractivity contribution in [2.45, 2.75) is 19.4 Å². The zero-order valence-electron chi connectivity index (χ0n) is 16.4. The van der Waals surface area contributed by atoms with Gasteiger partial charge >= 0.3 is 11.9 Å². The first-order valence-corrected chi connectivity index (χ1v) is 9.56. The molecule has 1 N–H and O–H groups in total. The zero-order chi connectivity index (χ0) is 21.2. The highest BCUT2D eigenvalue weighted by atomic mass is 16.6. The minimum atomic E-state index is -1.04. The fraction of sp³-hybridized carbons (Fsp3) is 0.120. The summed E-state index contributed by atoms with van der Waals surface area (Å²) in [6.45, 7) is 0.293. The van der Waals surface area contributed by atoms with E-state index in [2.05, 4.69) is 0 Å². The maximum absolute atomic E-state index is 12.3. The van der Waals surface area contributed by atoms with Gasteiger partial charge in [0.15, 0.2) is 11.5 Å². The van der Waals surface area contributed by atoms with Gasteiger partial charge in [0.1, 0.15) is 6.61 Å². The molecule has 0 atom stereocenters. The molecule has 3 aromatic rings. The molecule has 5 nitrogen and oxygen atoms in total. The molecule has 0 aliphatic carbocycles. The van der Waals surface area contributed by atoms with Crippen LogP contribution in [0, 0.1) is 0 Å². The Morgan fingerprint density at radius 2 is 1.50 bits per heavy atom. The van der Waals surface area contributed by atoms with Crippen LogP contribution in [0.1, 0.15) is 23.1 Å². The van der Waals surface area contributed by atoms with E-state index >= 15 is 0 Å². The fourth-order valence-electron chi connectivity index (χ4n) is 2.79. The van der Waals surface area contributed by atoms with E-state index < -0.39 is 5.97 Å². The van der Waals surface area contributed by atoms with Crippen molar-refractivity contribution in [3.8, 4) is 11.5 Å². The summed E-state index contributed by atoms with van der Waals surface area (Å²) < 4.78 is 11.4. The number of aryl methyl sites for hydroxylation is 1. The Balaban J connectivity index is 1.72. The minimum Gasteiger partial charge on any atom is -0.485 e. The lowest BCUT2D eigenvalue weighted by Gasteiger charge is -2.13.